The molecule has 0 bridgehead atoms. The molecule has 1 nitrogen and oxygen atoms in total. The Labute approximate surface area is 109 Å². The van der Waals surface area contributed by atoms with Gasteiger partial charge in [0.15, 0.2) is 0 Å². The first-order valence-electron chi connectivity index (χ1n) is 5.52. The van der Waals surface area contributed by atoms with Gasteiger partial charge in [-0.1, -0.05) is 41.9 Å². The van der Waals surface area contributed by atoms with Crippen LogP contribution < -0.4 is 5.73 Å². The Kier molecular flexibility index (Phi) is 3.94. The van der Waals surface area contributed by atoms with Crippen LogP contribution in [0, 0.1) is 11.6 Å². The molecule has 0 aliphatic heterocycles. The minimum absolute atomic E-state index is 0.140. The van der Waals surface area contributed by atoms with Gasteiger partial charge in [0.2, 0.25) is 0 Å². The summed E-state index contributed by atoms with van der Waals surface area (Å²) in [5.74, 6) is -1.23. The first kappa shape index (κ1) is 13.0. The fourth-order valence-electron chi connectivity index (χ4n) is 1.80. The van der Waals surface area contributed by atoms with Gasteiger partial charge in [0.1, 0.15) is 11.6 Å². The zero-order valence-corrected chi connectivity index (χ0v) is 10.3. The number of benzene rings is 2. The van der Waals surface area contributed by atoms with E-state index in [0.29, 0.717) is 6.42 Å². The molecule has 1 unspecified atom stereocenters. The van der Waals surface area contributed by atoms with E-state index in [1.54, 1.807) is 0 Å². The van der Waals surface area contributed by atoms with Crippen molar-refractivity contribution >= 4 is 11.6 Å². The second-order valence-electron chi connectivity index (χ2n) is 4.08. The van der Waals surface area contributed by atoms with Gasteiger partial charge in [-0.15, -0.1) is 0 Å². The molecule has 4 heteroatoms. The van der Waals surface area contributed by atoms with Crippen LogP contribution in [0.15, 0.2) is 42.5 Å². The van der Waals surface area contributed by atoms with E-state index in [-0.39, 0.29) is 10.6 Å². The van der Waals surface area contributed by atoms with Crippen molar-refractivity contribution in [2.24, 2.45) is 5.73 Å². The van der Waals surface area contributed by atoms with E-state index >= 15 is 0 Å². The van der Waals surface area contributed by atoms with Gasteiger partial charge in [0.25, 0.3) is 0 Å². The summed E-state index contributed by atoms with van der Waals surface area (Å²) in [5.41, 5.74) is 7.01. The molecule has 94 valence electrons. The molecule has 0 radical (unpaired) electrons. The van der Waals surface area contributed by atoms with Crippen molar-refractivity contribution in [1.82, 2.24) is 0 Å². The normalized spacial score (nSPS) is 12.4. The van der Waals surface area contributed by atoms with Crippen LogP contribution in [0.3, 0.4) is 0 Å². The lowest BCUT2D eigenvalue weighted by molar-refractivity contribution is 0.561. The molecule has 0 aliphatic rings. The Balaban J connectivity index is 2.24. The fourth-order valence-corrected chi connectivity index (χ4v) is 1.95. The SMILES string of the molecule is NC(Cc1ccccc1)c1cc(F)c(Cl)cc1F. The van der Waals surface area contributed by atoms with Crippen LogP contribution in [-0.4, -0.2) is 0 Å². The molecule has 18 heavy (non-hydrogen) atoms. The van der Waals surface area contributed by atoms with Crippen LogP contribution in [-0.2, 0) is 6.42 Å². The lowest BCUT2D eigenvalue weighted by Gasteiger charge is -2.13. The van der Waals surface area contributed by atoms with Gasteiger partial charge in [-0.2, -0.15) is 0 Å². The third kappa shape index (κ3) is 2.86. The van der Waals surface area contributed by atoms with E-state index in [4.69, 9.17) is 17.3 Å². The van der Waals surface area contributed by atoms with Crippen LogP contribution in [0.4, 0.5) is 8.78 Å². The Morgan fingerprint density at radius 1 is 1.06 bits per heavy atom. The number of nitrogens with two attached hydrogens (primary N) is 1. The van der Waals surface area contributed by atoms with Gasteiger partial charge in [-0.3, -0.25) is 0 Å². The van der Waals surface area contributed by atoms with Gasteiger partial charge in [0, 0.05) is 11.6 Å². The van der Waals surface area contributed by atoms with E-state index in [1.807, 2.05) is 30.3 Å². The smallest absolute Gasteiger partial charge is 0.142 e. The average molecular weight is 268 g/mol. The monoisotopic (exact) mass is 267 g/mol. The molecular weight excluding hydrogens is 256 g/mol. The Morgan fingerprint density at radius 3 is 2.39 bits per heavy atom. The lowest BCUT2D eigenvalue weighted by Crippen LogP contribution is -2.15. The fraction of sp³-hybridized carbons (Fsp3) is 0.143. The molecule has 1 atom stereocenters. The van der Waals surface area contributed by atoms with Gasteiger partial charge in [-0.25, -0.2) is 8.78 Å². The van der Waals surface area contributed by atoms with E-state index in [2.05, 4.69) is 0 Å². The van der Waals surface area contributed by atoms with Crippen molar-refractivity contribution in [3.8, 4) is 0 Å². The summed E-state index contributed by atoms with van der Waals surface area (Å²) >= 11 is 5.49. The number of halogens is 3. The number of hydrogen-bond acceptors (Lipinski definition) is 1. The second-order valence-corrected chi connectivity index (χ2v) is 4.49. The van der Waals surface area contributed by atoms with Gasteiger partial charge < -0.3 is 5.73 Å². The third-order valence-corrected chi connectivity index (χ3v) is 3.03. The van der Waals surface area contributed by atoms with Crippen molar-refractivity contribution in [2.75, 3.05) is 0 Å². The molecule has 0 amide bonds. The molecule has 0 heterocycles. The molecule has 2 rings (SSSR count). The summed E-state index contributed by atoms with van der Waals surface area (Å²) in [4.78, 5) is 0. The minimum atomic E-state index is -0.656. The summed E-state index contributed by atoms with van der Waals surface area (Å²) in [7, 11) is 0. The number of rotatable bonds is 3. The minimum Gasteiger partial charge on any atom is -0.324 e. The molecular formula is C14H12ClF2N. The Hall–Kier alpha value is -1.45. The molecule has 2 aromatic carbocycles. The van der Waals surface area contributed by atoms with E-state index in [1.165, 1.54) is 0 Å². The summed E-state index contributed by atoms with van der Waals surface area (Å²) < 4.78 is 27.0. The summed E-state index contributed by atoms with van der Waals surface area (Å²) in [6.45, 7) is 0. The van der Waals surface area contributed by atoms with Crippen molar-refractivity contribution in [2.45, 2.75) is 12.5 Å². The molecule has 0 aromatic heterocycles. The topological polar surface area (TPSA) is 26.0 Å². The van der Waals surface area contributed by atoms with Crippen molar-refractivity contribution < 1.29 is 8.78 Å². The highest BCUT2D eigenvalue weighted by molar-refractivity contribution is 6.30. The molecule has 0 saturated carbocycles. The van der Waals surface area contributed by atoms with E-state index in [0.717, 1.165) is 17.7 Å². The van der Waals surface area contributed by atoms with Crippen LogP contribution in [0.1, 0.15) is 17.2 Å². The molecule has 2 aromatic rings. The zero-order chi connectivity index (χ0) is 13.1. The Bertz CT molecular complexity index is 543. The van der Waals surface area contributed by atoms with Gasteiger partial charge in [0.05, 0.1) is 5.02 Å². The standard InChI is InChI=1S/C14H12ClF2N/c15-11-8-12(16)10(7-13(11)17)14(18)6-9-4-2-1-3-5-9/h1-5,7-8,14H,6,18H2. The maximum Gasteiger partial charge on any atom is 0.142 e. The zero-order valence-electron chi connectivity index (χ0n) is 9.54. The maximum absolute atomic E-state index is 13.7. The highest BCUT2D eigenvalue weighted by Crippen LogP contribution is 2.24. The Morgan fingerprint density at radius 2 is 1.72 bits per heavy atom. The predicted octanol–water partition coefficient (Wildman–Crippen LogP) is 3.86. The maximum atomic E-state index is 13.7. The lowest BCUT2D eigenvalue weighted by atomic mass is 9.99. The first-order valence-corrected chi connectivity index (χ1v) is 5.89. The highest BCUT2D eigenvalue weighted by atomic mass is 35.5. The van der Waals surface area contributed by atoms with Gasteiger partial charge in [-0.05, 0) is 24.1 Å². The van der Waals surface area contributed by atoms with Crippen LogP contribution in [0.2, 0.25) is 5.02 Å². The predicted molar refractivity (Wildman–Crippen MR) is 68.4 cm³/mol. The third-order valence-electron chi connectivity index (χ3n) is 2.74. The second kappa shape index (κ2) is 5.46. The highest BCUT2D eigenvalue weighted by Gasteiger charge is 2.15. The molecule has 0 fully saturated rings. The van der Waals surface area contributed by atoms with Crippen LogP contribution in [0.5, 0.6) is 0 Å². The first-order chi connectivity index (χ1) is 8.58. The molecule has 0 spiro atoms. The number of hydrogen-bond donors (Lipinski definition) is 1. The molecule has 2 N–H and O–H groups in total. The molecule has 0 saturated heterocycles. The average Bonchev–Trinajstić information content (AvgIpc) is 2.35. The van der Waals surface area contributed by atoms with E-state index in [9.17, 15) is 8.78 Å². The van der Waals surface area contributed by atoms with Crippen molar-refractivity contribution in [1.29, 1.82) is 0 Å². The van der Waals surface area contributed by atoms with Crippen LogP contribution >= 0.6 is 11.6 Å². The summed E-state index contributed by atoms with van der Waals surface area (Å²) in [6, 6.07) is 10.8. The largest absolute Gasteiger partial charge is 0.324 e. The van der Waals surface area contributed by atoms with Crippen molar-refractivity contribution in [3.63, 3.8) is 0 Å². The van der Waals surface area contributed by atoms with Crippen molar-refractivity contribution in [3.05, 3.63) is 70.2 Å². The quantitative estimate of drug-likeness (QED) is 0.840. The van der Waals surface area contributed by atoms with Crippen LogP contribution in [0.25, 0.3) is 0 Å². The molecule has 0 aliphatic carbocycles. The summed E-state index contributed by atoms with van der Waals surface area (Å²) in [6.07, 6.45) is 0.443. The van der Waals surface area contributed by atoms with E-state index < -0.39 is 17.7 Å². The van der Waals surface area contributed by atoms with Gasteiger partial charge >= 0.3 is 0 Å². The summed E-state index contributed by atoms with van der Waals surface area (Å²) in [5, 5.41) is -0.233.